The number of hydrogen-bond acceptors (Lipinski definition) is 31. The van der Waals surface area contributed by atoms with E-state index in [4.69, 9.17) is 43.9 Å². The van der Waals surface area contributed by atoms with Crippen LogP contribution in [0.5, 0.6) is 11.5 Å². The summed E-state index contributed by atoms with van der Waals surface area (Å²) in [6.07, 6.45) is 23.8. The van der Waals surface area contributed by atoms with Gasteiger partial charge < -0.3 is 59.5 Å². The fourth-order valence-electron chi connectivity index (χ4n) is 17.5. The number of rotatable bonds is 26. The maximum Gasteiger partial charge on any atom is 0.261 e. The lowest BCUT2D eigenvalue weighted by Crippen LogP contribution is -2.39. The zero-order valence-electron chi connectivity index (χ0n) is 78.8. The third-order valence-electron chi connectivity index (χ3n) is 25.4. The topological polar surface area (TPSA) is 414 Å². The molecule has 0 saturated carbocycles. The Kier molecular flexibility index (Phi) is 28.4. The molecule has 138 heavy (non-hydrogen) atoms. The van der Waals surface area contributed by atoms with Crippen molar-refractivity contribution in [1.29, 1.82) is 0 Å². The molecule has 0 radical (unpaired) electrons. The molecule has 39 nitrogen and oxygen atoms in total. The molecule has 5 saturated heterocycles. The number of carbonyl (C=O) groups is 1. The number of pyridine rings is 4. The zero-order valence-corrected chi connectivity index (χ0v) is 79.6. The van der Waals surface area contributed by atoms with E-state index in [1.165, 1.54) is 20.5 Å². The largest absolute Gasteiger partial charge is 0.489 e. The summed E-state index contributed by atoms with van der Waals surface area (Å²) >= 11 is 0. The molecule has 15 aromatic rings. The van der Waals surface area contributed by atoms with E-state index in [1.54, 1.807) is 82.7 Å². The Morgan fingerprint density at radius 3 is 1.71 bits per heavy atom. The Balaban J connectivity index is 0.000000137. The van der Waals surface area contributed by atoms with E-state index in [0.29, 0.717) is 141 Å². The van der Waals surface area contributed by atoms with Crippen LogP contribution in [0.25, 0.3) is 101 Å². The third kappa shape index (κ3) is 21.8. The van der Waals surface area contributed by atoms with Crippen LogP contribution in [0.3, 0.4) is 0 Å². The molecule has 40 heteroatoms. The highest BCUT2D eigenvalue weighted by atomic mass is 32.2. The second-order valence-corrected chi connectivity index (χ2v) is 37.5. The van der Waals surface area contributed by atoms with Crippen molar-refractivity contribution in [3.8, 4) is 79.4 Å². The molecule has 12 aromatic heterocycles. The second kappa shape index (κ2) is 41.7. The lowest BCUT2D eigenvalue weighted by atomic mass is 10.0. The highest BCUT2D eigenvalue weighted by Gasteiger charge is 2.29. The van der Waals surface area contributed by atoms with Crippen molar-refractivity contribution in [1.82, 2.24) is 127 Å². The molecule has 1 amide bonds. The first-order valence-corrected chi connectivity index (χ1v) is 48.1. The molecule has 0 aliphatic carbocycles. The zero-order chi connectivity index (χ0) is 95.8. The Hall–Kier alpha value is -14.4. The normalized spacial score (nSPS) is 16.7. The monoisotopic (exact) mass is 1890 g/mol. The number of sulfonamides is 1. The van der Waals surface area contributed by atoms with Crippen molar-refractivity contribution >= 4 is 83.9 Å². The van der Waals surface area contributed by atoms with E-state index in [-0.39, 0.29) is 66.5 Å². The molecule has 17 heterocycles. The Morgan fingerprint density at radius 1 is 0.543 bits per heavy atom. The van der Waals surface area contributed by atoms with Crippen LogP contribution in [0, 0.1) is 20.8 Å². The van der Waals surface area contributed by atoms with Gasteiger partial charge in [-0.05, 0) is 176 Å². The van der Waals surface area contributed by atoms with Crippen LogP contribution in [-0.4, -0.2) is 274 Å². The summed E-state index contributed by atoms with van der Waals surface area (Å²) in [5, 5.41) is 23.6. The van der Waals surface area contributed by atoms with E-state index >= 15 is 0 Å². The maximum atomic E-state index is 14.3. The number of benzene rings is 3. The van der Waals surface area contributed by atoms with Gasteiger partial charge in [-0.1, -0.05) is 18.2 Å². The van der Waals surface area contributed by atoms with Crippen LogP contribution in [0.1, 0.15) is 60.7 Å². The number of likely N-dealkylation sites (tertiary alicyclic amines) is 2. The number of fused-ring (bicyclic) bond motifs is 3. The first kappa shape index (κ1) is 94.0. The molecule has 5 fully saturated rings. The van der Waals surface area contributed by atoms with Gasteiger partial charge in [0.25, 0.3) is 16.7 Å². The van der Waals surface area contributed by atoms with Crippen molar-refractivity contribution in [3.05, 3.63) is 225 Å². The van der Waals surface area contributed by atoms with Gasteiger partial charge in [-0.25, -0.2) is 57.6 Å². The van der Waals surface area contributed by atoms with Gasteiger partial charge in [-0.3, -0.25) is 47.1 Å². The molecule has 5 aliphatic heterocycles. The van der Waals surface area contributed by atoms with Gasteiger partial charge in [-0.2, -0.15) is 25.1 Å². The summed E-state index contributed by atoms with van der Waals surface area (Å²) < 4.78 is 59.2. The molecule has 20 rings (SSSR count). The highest BCUT2D eigenvalue weighted by molar-refractivity contribution is 7.88. The van der Waals surface area contributed by atoms with Gasteiger partial charge in [0, 0.05) is 230 Å². The van der Waals surface area contributed by atoms with Crippen molar-refractivity contribution in [2.24, 2.45) is 21.1 Å². The summed E-state index contributed by atoms with van der Waals surface area (Å²) in [6, 6.07) is 34.3. The molecule has 3 aromatic carbocycles. The average Bonchev–Trinajstić information content (AvgIpc) is 1.04. The lowest BCUT2D eigenvalue weighted by molar-refractivity contribution is -0.130. The Bertz CT molecular complexity index is 7260. The quantitative estimate of drug-likeness (QED) is 0.0391. The van der Waals surface area contributed by atoms with Gasteiger partial charge >= 0.3 is 0 Å². The molecular formula is C98H111N29O10S. The number of hydrogen-bond donors (Lipinski definition) is 4. The Morgan fingerprint density at radius 2 is 1.14 bits per heavy atom. The first-order valence-electron chi connectivity index (χ1n) is 46.3. The number of nitrogens with one attached hydrogen (secondary N) is 4. The number of aromatic nitrogens is 20. The van der Waals surface area contributed by atoms with Crippen LogP contribution < -0.4 is 47.4 Å². The smallest absolute Gasteiger partial charge is 0.261 e. The number of anilines is 6. The summed E-state index contributed by atoms with van der Waals surface area (Å²) in [5.74, 6) is 4.25. The van der Waals surface area contributed by atoms with E-state index in [0.717, 1.165) is 159 Å². The van der Waals surface area contributed by atoms with Crippen LogP contribution in [0.2, 0.25) is 0 Å². The van der Waals surface area contributed by atoms with E-state index in [9.17, 15) is 27.6 Å². The van der Waals surface area contributed by atoms with Crippen molar-refractivity contribution < 1.29 is 32.2 Å². The fraction of sp³-hybridized carbons (Fsp3) is 0.367. The van der Waals surface area contributed by atoms with Crippen molar-refractivity contribution in [3.63, 3.8) is 0 Å². The first-order chi connectivity index (χ1) is 66.8. The molecule has 4 N–H and O–H groups in total. The summed E-state index contributed by atoms with van der Waals surface area (Å²) in [7, 11) is 7.78. The number of nitrogens with zero attached hydrogens (tertiary/aromatic N) is 25. The summed E-state index contributed by atoms with van der Waals surface area (Å²) in [6.45, 7) is 17.5. The number of imidazole rings is 1. The third-order valence-corrected chi connectivity index (χ3v) is 26.7. The average molecular weight is 1890 g/mol. The molecule has 714 valence electrons. The number of carbonyl (C=O) groups excluding carboxylic acids is 1. The number of morpholine rings is 2. The summed E-state index contributed by atoms with van der Waals surface area (Å²) in [4.78, 5) is 120. The van der Waals surface area contributed by atoms with Crippen LogP contribution in [0.4, 0.5) is 34.9 Å². The molecule has 3 atom stereocenters. The van der Waals surface area contributed by atoms with Gasteiger partial charge in [0.15, 0.2) is 17.5 Å². The van der Waals surface area contributed by atoms with Crippen LogP contribution in [0.15, 0.2) is 186 Å². The van der Waals surface area contributed by atoms with Gasteiger partial charge in [0.2, 0.25) is 33.8 Å². The standard InChI is InChI=1S/C34H37N9O3.C33H38N10O3.C31H36N10O4S/c1-22-27(10-11-29(37-22)32-35-13-17-41(32)3)28-18-23-19-36-34(38-24-6-8-25(9-7-24)46-26-12-16-40(2)20-26)39-31(23)43(33(28)45)21-30(44)42-14-4-5-15-42;1-22-17-34-30(25-19-36-41(3)20-25)38-29(22)27-16-24-18-35-33(37-26-6-4-23(5-7-26)28-21-40(2)10-15-46-28)39-31(24)43(32(27)44)9-8-42-11-13-45-14-12-42;1-20-26(19-33-28(36-20)27-11-13-35-40(27)3)25-16-21-17-34-31(38-29(21)41(30(25)42)15-14-39(2)46(4,43)44)37-22-7-9-23(10-8-22)45-24-6-5-12-32-18-24/h6-11,13,17-19,26H,4-5,12,14-16,20-21H2,1-3H3,(H,36,38,39);4-7,16-20,28H,8-15,21H2,1-3H3,(H,35,37,39);7-11,13,16-17,19,24,32H,5-6,12,14-15,18H2,1-4H3,(H,34,37,38). The minimum Gasteiger partial charge on any atom is -0.489 e. The number of amides is 1. The number of aryl methyl sites for hydroxylation is 6. The molecule has 5 aliphatic rings. The van der Waals surface area contributed by atoms with Crippen molar-refractivity contribution in [2.45, 2.75) is 90.8 Å². The second-order valence-electron chi connectivity index (χ2n) is 35.4. The van der Waals surface area contributed by atoms with E-state index in [2.05, 4.69) is 107 Å². The highest BCUT2D eigenvalue weighted by Crippen LogP contribution is 2.34. The predicted molar refractivity (Wildman–Crippen MR) is 526 cm³/mol. The Labute approximate surface area is 796 Å². The van der Waals surface area contributed by atoms with Crippen LogP contribution in [-0.2, 0) is 65.1 Å². The number of ether oxygens (including phenoxy) is 4. The van der Waals surface area contributed by atoms with Crippen LogP contribution >= 0.6 is 0 Å². The summed E-state index contributed by atoms with van der Waals surface area (Å²) in [5.41, 5.74) is 11.4. The maximum absolute atomic E-state index is 14.3. The van der Waals surface area contributed by atoms with Gasteiger partial charge in [0.1, 0.15) is 58.6 Å². The van der Waals surface area contributed by atoms with Crippen molar-refractivity contribution in [2.75, 3.05) is 142 Å². The van der Waals surface area contributed by atoms with E-state index < -0.39 is 10.0 Å². The number of piperidine rings is 1. The predicted octanol–water partition coefficient (Wildman–Crippen LogP) is 9.77. The number of likely N-dealkylation sites (N-methyl/N-ethyl adjacent to an activating group) is 3. The minimum atomic E-state index is -3.47. The minimum absolute atomic E-state index is 0.0544. The van der Waals surface area contributed by atoms with E-state index in [1.807, 2.05) is 142 Å². The molecule has 0 spiro atoms. The SMILES string of the molecule is Cc1cnc(-c2cnn(C)c2)nc1-c1cc2cnc(Nc3ccc(C4CN(C)CCO4)cc3)nc2n(CCN2CCOCC2)c1=O.Cc1nc(-c2ccnn2C)ncc1-c1cc2cnc(Nc3ccc(OC4CCCNC4)cc3)nc2n(CCN(C)S(C)(=O)=O)c1=O.Cc1nc(-c2nccn2C)ccc1-c1cc2cnc(Nc3ccc(OC4CCN(C)C4)cc3)nc2n(CC(=O)N2CCCC2)c1=O. The molecular weight excluding hydrogens is 1780 g/mol. The molecule has 0 bridgehead atoms. The lowest BCUT2D eigenvalue weighted by Gasteiger charge is -2.30. The fourth-order valence-corrected chi connectivity index (χ4v) is 18.0. The van der Waals surface area contributed by atoms with Gasteiger partial charge in [-0.15, -0.1) is 0 Å². The van der Waals surface area contributed by atoms with Gasteiger partial charge in [0.05, 0.1) is 60.8 Å². The molecule has 3 unspecified atom stereocenters.